The topological polar surface area (TPSA) is 0 Å². The van der Waals surface area contributed by atoms with Gasteiger partial charge in [0.1, 0.15) is 0 Å². The van der Waals surface area contributed by atoms with Gasteiger partial charge in [0.15, 0.2) is 0 Å². The van der Waals surface area contributed by atoms with Crippen molar-refractivity contribution in [3.05, 3.63) is 22.4 Å². The van der Waals surface area contributed by atoms with E-state index in [-0.39, 0.29) is 0 Å². The zero-order chi connectivity index (χ0) is 7.52. The summed E-state index contributed by atoms with van der Waals surface area (Å²) in [5.41, 5.74) is 0. The van der Waals surface area contributed by atoms with Gasteiger partial charge >= 0.3 is 0 Å². The van der Waals surface area contributed by atoms with E-state index in [4.69, 9.17) is 0 Å². The highest BCUT2D eigenvalue weighted by Gasteiger charge is 2.16. The molecule has 0 atom stereocenters. The van der Waals surface area contributed by atoms with Crippen molar-refractivity contribution in [2.75, 3.05) is 16.6 Å². The second kappa shape index (κ2) is 3.87. The highest BCUT2D eigenvalue weighted by Crippen LogP contribution is 2.34. The van der Waals surface area contributed by atoms with Crippen LogP contribution in [0.4, 0.5) is 0 Å². The Kier molecular flexibility index (Phi) is 2.82. The summed E-state index contributed by atoms with van der Waals surface area (Å²) in [4.78, 5) is 1.57. The molecule has 1 aromatic heterocycles. The van der Waals surface area contributed by atoms with Crippen LogP contribution in [-0.4, -0.2) is 16.6 Å². The molecule has 60 valence electrons. The van der Waals surface area contributed by atoms with Crippen LogP contribution in [0.3, 0.4) is 0 Å². The molecule has 0 nitrogen and oxygen atoms in total. The molecule has 0 unspecified atom stereocenters. The summed E-state index contributed by atoms with van der Waals surface area (Å²) in [6.07, 6.45) is 0. The largest absolute Gasteiger partial charge is 0.150 e. The van der Waals surface area contributed by atoms with Gasteiger partial charge in [-0.1, -0.05) is 6.07 Å². The number of rotatable bonds is 1. The van der Waals surface area contributed by atoms with E-state index >= 15 is 0 Å². The molecule has 0 amide bonds. The molecule has 0 N–H and O–H groups in total. The lowest BCUT2D eigenvalue weighted by molar-refractivity contribution is 0.916. The molecule has 1 aromatic rings. The van der Waals surface area contributed by atoms with Gasteiger partial charge in [0.25, 0.3) is 0 Å². The zero-order valence-corrected chi connectivity index (χ0v) is 8.60. The minimum atomic E-state index is 0.832. The van der Waals surface area contributed by atoms with Crippen molar-refractivity contribution in [3.63, 3.8) is 0 Å². The first-order chi connectivity index (χ1) is 5.47. The summed E-state index contributed by atoms with van der Waals surface area (Å²) in [6.45, 7) is 0. The van der Waals surface area contributed by atoms with Crippen molar-refractivity contribution in [1.29, 1.82) is 0 Å². The van der Waals surface area contributed by atoms with Crippen molar-refractivity contribution >= 4 is 34.9 Å². The number of thioether (sulfide) groups is 2. The van der Waals surface area contributed by atoms with Crippen molar-refractivity contribution < 1.29 is 0 Å². The molecular weight excluding hydrogens is 192 g/mol. The molecule has 0 saturated carbocycles. The lowest BCUT2D eigenvalue weighted by atomic mass is 10.2. The van der Waals surface area contributed by atoms with Gasteiger partial charge in [0.05, 0.1) is 0 Å². The molecule has 1 fully saturated rings. The van der Waals surface area contributed by atoms with Crippen LogP contribution in [0.25, 0.3) is 0 Å². The van der Waals surface area contributed by atoms with E-state index in [1.165, 1.54) is 16.6 Å². The molecule has 0 spiro atoms. The van der Waals surface area contributed by atoms with Crippen LogP contribution in [0, 0.1) is 0 Å². The standard InChI is InChI=1S/C8H10S3/c1-2-8(11-3-1)7-4-9-6-10-5-7/h1-3,7H,4-6H2. The third-order valence-electron chi connectivity index (χ3n) is 1.75. The first-order valence-corrected chi connectivity index (χ1v) is 6.84. The van der Waals surface area contributed by atoms with Gasteiger partial charge in [-0.05, 0) is 11.4 Å². The van der Waals surface area contributed by atoms with E-state index in [0.29, 0.717) is 0 Å². The van der Waals surface area contributed by atoms with E-state index in [9.17, 15) is 0 Å². The molecule has 1 aliphatic rings. The van der Waals surface area contributed by atoms with Crippen molar-refractivity contribution in [3.8, 4) is 0 Å². The van der Waals surface area contributed by atoms with Gasteiger partial charge < -0.3 is 0 Å². The Labute approximate surface area is 79.8 Å². The van der Waals surface area contributed by atoms with E-state index in [1.807, 2.05) is 11.3 Å². The maximum absolute atomic E-state index is 2.27. The molecule has 2 heterocycles. The third-order valence-corrected chi connectivity index (χ3v) is 5.39. The Morgan fingerprint density at radius 1 is 1.27 bits per heavy atom. The van der Waals surface area contributed by atoms with E-state index in [2.05, 4.69) is 41.0 Å². The Morgan fingerprint density at radius 2 is 2.09 bits per heavy atom. The van der Waals surface area contributed by atoms with Crippen molar-refractivity contribution in [2.24, 2.45) is 0 Å². The van der Waals surface area contributed by atoms with Crippen LogP contribution in [-0.2, 0) is 0 Å². The molecule has 0 aliphatic carbocycles. The van der Waals surface area contributed by atoms with Crippen LogP contribution in [0.2, 0.25) is 0 Å². The van der Waals surface area contributed by atoms with Crippen LogP contribution in [0.15, 0.2) is 17.5 Å². The van der Waals surface area contributed by atoms with Gasteiger partial charge in [-0.15, -0.1) is 11.3 Å². The summed E-state index contributed by atoms with van der Waals surface area (Å²) in [5.74, 6) is 3.49. The van der Waals surface area contributed by atoms with Gasteiger partial charge in [-0.2, -0.15) is 23.5 Å². The monoisotopic (exact) mass is 202 g/mol. The van der Waals surface area contributed by atoms with E-state index in [0.717, 1.165) is 5.92 Å². The van der Waals surface area contributed by atoms with Gasteiger partial charge in [-0.3, -0.25) is 0 Å². The fourth-order valence-corrected chi connectivity index (χ4v) is 4.77. The minimum absolute atomic E-state index is 0.832. The molecule has 11 heavy (non-hydrogen) atoms. The average Bonchev–Trinajstić information content (AvgIpc) is 2.58. The summed E-state index contributed by atoms with van der Waals surface area (Å²) < 4.78 is 0. The number of hydrogen-bond donors (Lipinski definition) is 0. The predicted molar refractivity (Wildman–Crippen MR) is 56.8 cm³/mol. The minimum Gasteiger partial charge on any atom is -0.150 e. The maximum atomic E-state index is 2.27. The fraction of sp³-hybridized carbons (Fsp3) is 0.500. The number of thiophene rings is 1. The normalized spacial score (nSPS) is 20.4. The van der Waals surface area contributed by atoms with Crippen molar-refractivity contribution in [1.82, 2.24) is 0 Å². The Hall–Kier alpha value is 0.400. The molecule has 0 bridgehead atoms. The Morgan fingerprint density at radius 3 is 2.73 bits per heavy atom. The van der Waals surface area contributed by atoms with E-state index < -0.39 is 0 Å². The second-order valence-electron chi connectivity index (χ2n) is 2.57. The summed E-state index contributed by atoms with van der Waals surface area (Å²) in [5, 5.41) is 3.47. The number of hydrogen-bond acceptors (Lipinski definition) is 3. The quantitative estimate of drug-likeness (QED) is 0.685. The van der Waals surface area contributed by atoms with Crippen LogP contribution in [0.1, 0.15) is 10.8 Å². The van der Waals surface area contributed by atoms with Crippen LogP contribution < -0.4 is 0 Å². The lowest BCUT2D eigenvalue weighted by Gasteiger charge is -2.19. The molecule has 0 radical (unpaired) electrons. The highest BCUT2D eigenvalue weighted by atomic mass is 32.2. The highest BCUT2D eigenvalue weighted by molar-refractivity contribution is 8.16. The lowest BCUT2D eigenvalue weighted by Crippen LogP contribution is -2.08. The summed E-state index contributed by atoms with van der Waals surface area (Å²) >= 11 is 6.04. The smallest absolute Gasteiger partial charge is 0.0392 e. The third kappa shape index (κ3) is 1.95. The average molecular weight is 202 g/mol. The first-order valence-electron chi connectivity index (χ1n) is 3.66. The van der Waals surface area contributed by atoms with Gasteiger partial charge in [0, 0.05) is 27.4 Å². The molecule has 1 aliphatic heterocycles. The Balaban J connectivity index is 2.04. The van der Waals surface area contributed by atoms with Gasteiger partial charge in [0.2, 0.25) is 0 Å². The summed E-state index contributed by atoms with van der Waals surface area (Å²) in [6, 6.07) is 4.42. The molecule has 3 heteroatoms. The second-order valence-corrected chi connectivity index (χ2v) is 5.98. The summed E-state index contributed by atoms with van der Waals surface area (Å²) in [7, 11) is 0. The van der Waals surface area contributed by atoms with Crippen LogP contribution >= 0.6 is 34.9 Å². The van der Waals surface area contributed by atoms with Gasteiger partial charge in [-0.25, -0.2) is 0 Å². The molecule has 2 rings (SSSR count). The SMILES string of the molecule is c1csc(C2CSCSC2)c1. The molecule has 0 aromatic carbocycles. The Bertz CT molecular complexity index is 199. The van der Waals surface area contributed by atoms with Crippen LogP contribution in [0.5, 0.6) is 0 Å². The maximum Gasteiger partial charge on any atom is 0.0392 e. The zero-order valence-electron chi connectivity index (χ0n) is 6.16. The predicted octanol–water partition coefficient (Wildman–Crippen LogP) is 3.27. The molecular formula is C8H10S3. The molecule has 1 saturated heterocycles. The van der Waals surface area contributed by atoms with Crippen molar-refractivity contribution in [2.45, 2.75) is 5.92 Å². The van der Waals surface area contributed by atoms with E-state index in [1.54, 1.807) is 4.88 Å². The first kappa shape index (κ1) is 8.02. The fourth-order valence-electron chi connectivity index (χ4n) is 1.18.